The van der Waals surface area contributed by atoms with E-state index in [2.05, 4.69) is 55.2 Å². The molecule has 1 aliphatic rings. The van der Waals surface area contributed by atoms with Gasteiger partial charge in [0.2, 0.25) is 0 Å². The van der Waals surface area contributed by atoms with Crippen molar-refractivity contribution in [2.75, 3.05) is 18.1 Å². The molecule has 1 N–H and O–H groups in total. The van der Waals surface area contributed by atoms with E-state index in [1.165, 1.54) is 29.1 Å². The van der Waals surface area contributed by atoms with Gasteiger partial charge < -0.3 is 5.32 Å². The maximum absolute atomic E-state index is 3.67. The number of hydrogen-bond donors (Lipinski definition) is 1. The van der Waals surface area contributed by atoms with Gasteiger partial charge >= 0.3 is 0 Å². The largest absolute Gasteiger partial charge is 0.310 e. The molecule has 0 amide bonds. The first-order valence-electron chi connectivity index (χ1n) is 6.19. The van der Waals surface area contributed by atoms with Gasteiger partial charge in [0.1, 0.15) is 0 Å². The van der Waals surface area contributed by atoms with E-state index in [0.717, 1.165) is 12.5 Å². The summed E-state index contributed by atoms with van der Waals surface area (Å²) in [5.41, 5.74) is 2.92. The van der Waals surface area contributed by atoms with Crippen molar-refractivity contribution in [3.63, 3.8) is 0 Å². The molecule has 0 spiro atoms. The van der Waals surface area contributed by atoms with Crippen molar-refractivity contribution in [2.45, 2.75) is 26.3 Å². The minimum atomic E-state index is 0.557. The zero-order valence-electron chi connectivity index (χ0n) is 10.2. The number of thioether (sulfide) groups is 1. The highest BCUT2D eigenvalue weighted by atomic mass is 32.2. The highest BCUT2D eigenvalue weighted by Gasteiger charge is 2.26. The lowest BCUT2D eigenvalue weighted by molar-refractivity contribution is 0.400. The van der Waals surface area contributed by atoms with Crippen LogP contribution in [-0.2, 0) is 0 Å². The molecular weight excluding hydrogens is 214 g/mol. The average Bonchev–Trinajstić information content (AvgIpc) is 2.80. The van der Waals surface area contributed by atoms with Crippen LogP contribution in [0, 0.1) is 12.8 Å². The van der Waals surface area contributed by atoms with Crippen LogP contribution in [0.3, 0.4) is 0 Å². The van der Waals surface area contributed by atoms with E-state index >= 15 is 0 Å². The lowest BCUT2D eigenvalue weighted by Gasteiger charge is -2.25. The third-order valence-corrected chi connectivity index (χ3v) is 4.57. The molecule has 2 unspecified atom stereocenters. The quantitative estimate of drug-likeness (QED) is 0.858. The summed E-state index contributed by atoms with van der Waals surface area (Å²) in [5, 5.41) is 3.67. The van der Waals surface area contributed by atoms with E-state index in [0.29, 0.717) is 6.04 Å². The van der Waals surface area contributed by atoms with Crippen LogP contribution in [0.2, 0.25) is 0 Å². The second-order valence-electron chi connectivity index (χ2n) is 4.52. The number of nitrogens with one attached hydrogen (secondary N) is 1. The van der Waals surface area contributed by atoms with Crippen molar-refractivity contribution in [1.29, 1.82) is 0 Å². The molecule has 16 heavy (non-hydrogen) atoms. The number of hydrogen-bond acceptors (Lipinski definition) is 2. The minimum Gasteiger partial charge on any atom is -0.310 e. The number of benzene rings is 1. The first-order valence-corrected chi connectivity index (χ1v) is 7.35. The fraction of sp³-hybridized carbons (Fsp3) is 0.571. The summed E-state index contributed by atoms with van der Waals surface area (Å²) in [5.74, 6) is 3.45. The second-order valence-corrected chi connectivity index (χ2v) is 5.67. The standard InChI is InChI=1S/C14H21NS/c1-3-15-14(12-8-9-16-10-12)13-7-5-4-6-11(13)2/h4-7,12,14-15H,3,8-10H2,1-2H3. The Balaban J connectivity index is 2.21. The lowest BCUT2D eigenvalue weighted by atomic mass is 9.90. The van der Waals surface area contributed by atoms with Gasteiger partial charge in [-0.25, -0.2) is 0 Å². The predicted octanol–water partition coefficient (Wildman–Crippen LogP) is 3.40. The van der Waals surface area contributed by atoms with Crippen molar-refractivity contribution in [3.05, 3.63) is 35.4 Å². The molecule has 1 saturated heterocycles. The summed E-state index contributed by atoms with van der Waals surface area (Å²) in [7, 11) is 0. The Labute approximate surface area is 103 Å². The summed E-state index contributed by atoms with van der Waals surface area (Å²) >= 11 is 2.10. The van der Waals surface area contributed by atoms with E-state index in [9.17, 15) is 0 Å². The van der Waals surface area contributed by atoms with Crippen LogP contribution >= 0.6 is 11.8 Å². The van der Waals surface area contributed by atoms with Gasteiger partial charge in [-0.1, -0.05) is 31.2 Å². The summed E-state index contributed by atoms with van der Waals surface area (Å²) in [4.78, 5) is 0. The molecule has 1 heterocycles. The van der Waals surface area contributed by atoms with Crippen LogP contribution in [0.25, 0.3) is 0 Å². The van der Waals surface area contributed by atoms with Crippen LogP contribution in [0.1, 0.15) is 30.5 Å². The van der Waals surface area contributed by atoms with E-state index in [1.54, 1.807) is 0 Å². The van der Waals surface area contributed by atoms with Gasteiger partial charge in [-0.05, 0) is 48.4 Å². The molecule has 2 heteroatoms. The van der Waals surface area contributed by atoms with Gasteiger partial charge in [-0.3, -0.25) is 0 Å². The smallest absolute Gasteiger partial charge is 0.0359 e. The molecule has 2 rings (SSSR count). The van der Waals surface area contributed by atoms with Crippen LogP contribution in [0.4, 0.5) is 0 Å². The topological polar surface area (TPSA) is 12.0 Å². The maximum Gasteiger partial charge on any atom is 0.0359 e. The molecule has 0 aliphatic carbocycles. The van der Waals surface area contributed by atoms with Gasteiger partial charge in [-0.2, -0.15) is 11.8 Å². The van der Waals surface area contributed by atoms with Crippen molar-refractivity contribution in [1.82, 2.24) is 5.32 Å². The fourth-order valence-electron chi connectivity index (χ4n) is 2.50. The summed E-state index contributed by atoms with van der Waals surface area (Å²) in [6, 6.07) is 9.36. The van der Waals surface area contributed by atoms with Gasteiger partial charge in [0.25, 0.3) is 0 Å². The molecule has 0 aromatic heterocycles. The normalized spacial score (nSPS) is 22.2. The van der Waals surface area contributed by atoms with Crippen LogP contribution in [0.5, 0.6) is 0 Å². The third kappa shape index (κ3) is 2.61. The molecule has 1 aromatic rings. The molecule has 2 atom stereocenters. The molecule has 1 aromatic carbocycles. The number of aryl methyl sites for hydroxylation is 1. The van der Waals surface area contributed by atoms with Gasteiger partial charge in [-0.15, -0.1) is 0 Å². The van der Waals surface area contributed by atoms with Crippen molar-refractivity contribution >= 4 is 11.8 Å². The summed E-state index contributed by atoms with van der Waals surface area (Å²) < 4.78 is 0. The van der Waals surface area contributed by atoms with Crippen LogP contribution in [0.15, 0.2) is 24.3 Å². The molecule has 0 saturated carbocycles. The molecule has 1 fully saturated rings. The maximum atomic E-state index is 3.67. The van der Waals surface area contributed by atoms with Gasteiger partial charge in [0, 0.05) is 6.04 Å². The van der Waals surface area contributed by atoms with Gasteiger partial charge in [0.15, 0.2) is 0 Å². The van der Waals surface area contributed by atoms with E-state index < -0.39 is 0 Å². The van der Waals surface area contributed by atoms with Crippen molar-refractivity contribution < 1.29 is 0 Å². The Morgan fingerprint density at radius 2 is 2.25 bits per heavy atom. The van der Waals surface area contributed by atoms with Crippen LogP contribution < -0.4 is 5.32 Å². The SMILES string of the molecule is CCNC(c1ccccc1C)C1CCSC1. The highest BCUT2D eigenvalue weighted by molar-refractivity contribution is 7.99. The number of rotatable bonds is 4. The molecule has 0 radical (unpaired) electrons. The Hall–Kier alpha value is -0.470. The van der Waals surface area contributed by atoms with Crippen molar-refractivity contribution in [2.24, 2.45) is 5.92 Å². The Morgan fingerprint density at radius 1 is 1.44 bits per heavy atom. The minimum absolute atomic E-state index is 0.557. The molecule has 1 aliphatic heterocycles. The third-order valence-electron chi connectivity index (χ3n) is 3.38. The zero-order valence-corrected chi connectivity index (χ0v) is 11.0. The Kier molecular flexibility index (Phi) is 4.30. The predicted molar refractivity (Wildman–Crippen MR) is 73.0 cm³/mol. The Bertz CT molecular complexity index is 331. The molecule has 0 bridgehead atoms. The summed E-state index contributed by atoms with van der Waals surface area (Å²) in [6.45, 7) is 5.48. The molecule has 1 nitrogen and oxygen atoms in total. The van der Waals surface area contributed by atoms with E-state index in [-0.39, 0.29) is 0 Å². The average molecular weight is 235 g/mol. The zero-order chi connectivity index (χ0) is 11.4. The van der Waals surface area contributed by atoms with Crippen LogP contribution in [-0.4, -0.2) is 18.1 Å². The van der Waals surface area contributed by atoms with Crippen molar-refractivity contribution in [3.8, 4) is 0 Å². The summed E-state index contributed by atoms with van der Waals surface area (Å²) in [6.07, 6.45) is 1.36. The van der Waals surface area contributed by atoms with Gasteiger partial charge in [0.05, 0.1) is 0 Å². The highest BCUT2D eigenvalue weighted by Crippen LogP contribution is 2.35. The lowest BCUT2D eigenvalue weighted by Crippen LogP contribution is -2.28. The second kappa shape index (κ2) is 5.74. The molecular formula is C14H21NS. The molecule has 88 valence electrons. The fourth-order valence-corrected chi connectivity index (χ4v) is 3.80. The Morgan fingerprint density at radius 3 is 2.88 bits per heavy atom. The van der Waals surface area contributed by atoms with E-state index in [4.69, 9.17) is 0 Å². The monoisotopic (exact) mass is 235 g/mol. The van der Waals surface area contributed by atoms with E-state index in [1.807, 2.05) is 0 Å². The first kappa shape index (κ1) is 12.0. The first-order chi connectivity index (χ1) is 7.83.